The largest absolute Gasteiger partial charge is 0.484 e. The standard InChI is InChI=1S/C30H24N2O6/c1-20-12-14-25-27(16-20)38-30(32-25)24-17-21(31-28(33)18-35-22-8-4-2-5-9-22)13-15-26(24)37-29(34)19-36-23-10-6-3-7-11-23/h2-17H,18-19H2,1H3,(H,31,33). The Labute approximate surface area is 218 Å². The lowest BCUT2D eigenvalue weighted by atomic mass is 10.1. The Bertz CT molecular complexity index is 1560. The van der Waals surface area contributed by atoms with Gasteiger partial charge in [-0.15, -0.1) is 0 Å². The fraction of sp³-hybridized carbons (Fsp3) is 0.100. The summed E-state index contributed by atoms with van der Waals surface area (Å²) in [5.74, 6) is 0.645. The summed E-state index contributed by atoms with van der Waals surface area (Å²) in [5, 5.41) is 2.79. The lowest BCUT2D eigenvalue weighted by molar-refractivity contribution is -0.136. The monoisotopic (exact) mass is 508 g/mol. The topological polar surface area (TPSA) is 99.9 Å². The molecular formula is C30H24N2O6. The number of rotatable bonds is 9. The van der Waals surface area contributed by atoms with Crippen molar-refractivity contribution in [1.82, 2.24) is 4.98 Å². The molecule has 0 bridgehead atoms. The summed E-state index contributed by atoms with van der Waals surface area (Å²) in [5.41, 5.74) is 3.12. The van der Waals surface area contributed by atoms with Gasteiger partial charge in [-0.1, -0.05) is 42.5 Å². The number of benzene rings is 4. The molecule has 0 saturated carbocycles. The Morgan fingerprint density at radius 2 is 1.50 bits per heavy atom. The highest BCUT2D eigenvalue weighted by Crippen LogP contribution is 2.34. The second-order valence-electron chi connectivity index (χ2n) is 8.43. The minimum atomic E-state index is -0.602. The summed E-state index contributed by atoms with van der Waals surface area (Å²) in [4.78, 5) is 29.7. The van der Waals surface area contributed by atoms with Crippen LogP contribution in [0.5, 0.6) is 17.2 Å². The highest BCUT2D eigenvalue weighted by Gasteiger charge is 2.18. The van der Waals surface area contributed by atoms with Gasteiger partial charge in [0.15, 0.2) is 18.8 Å². The summed E-state index contributed by atoms with van der Waals surface area (Å²) >= 11 is 0. The van der Waals surface area contributed by atoms with Gasteiger partial charge in [0.1, 0.15) is 22.8 Å². The summed E-state index contributed by atoms with van der Waals surface area (Å²) in [6.07, 6.45) is 0. The van der Waals surface area contributed by atoms with Gasteiger partial charge in [-0.2, -0.15) is 0 Å². The van der Waals surface area contributed by atoms with Crippen LogP contribution in [-0.2, 0) is 9.59 Å². The normalized spacial score (nSPS) is 10.7. The van der Waals surface area contributed by atoms with Crippen LogP contribution in [0.3, 0.4) is 0 Å². The van der Waals surface area contributed by atoms with E-state index in [2.05, 4.69) is 10.3 Å². The van der Waals surface area contributed by atoms with E-state index in [0.717, 1.165) is 5.56 Å². The summed E-state index contributed by atoms with van der Waals surface area (Å²) in [7, 11) is 0. The summed E-state index contributed by atoms with van der Waals surface area (Å²) in [6, 6.07) is 28.5. The number of para-hydroxylation sites is 2. The average Bonchev–Trinajstić information content (AvgIpc) is 3.36. The number of oxazole rings is 1. The first-order chi connectivity index (χ1) is 18.5. The minimum absolute atomic E-state index is 0.172. The Hall–Kier alpha value is -5.11. The van der Waals surface area contributed by atoms with Crippen LogP contribution in [0.4, 0.5) is 5.69 Å². The fourth-order valence-corrected chi connectivity index (χ4v) is 3.68. The van der Waals surface area contributed by atoms with E-state index in [1.807, 2.05) is 61.5 Å². The number of aryl methyl sites for hydroxylation is 1. The van der Waals surface area contributed by atoms with Gasteiger partial charge in [-0.05, 0) is 67.1 Å². The lowest BCUT2D eigenvalue weighted by Gasteiger charge is -2.12. The van der Waals surface area contributed by atoms with E-state index in [4.69, 9.17) is 18.6 Å². The van der Waals surface area contributed by atoms with Crippen LogP contribution in [0.1, 0.15) is 5.56 Å². The van der Waals surface area contributed by atoms with Crippen LogP contribution in [0, 0.1) is 6.92 Å². The first-order valence-electron chi connectivity index (χ1n) is 11.9. The van der Waals surface area contributed by atoms with Crippen molar-refractivity contribution in [3.05, 3.63) is 103 Å². The molecule has 0 aliphatic heterocycles. The molecule has 0 fully saturated rings. The molecule has 8 heteroatoms. The Balaban J connectivity index is 1.36. The fourth-order valence-electron chi connectivity index (χ4n) is 3.68. The van der Waals surface area contributed by atoms with Crippen LogP contribution < -0.4 is 19.5 Å². The Kier molecular flexibility index (Phi) is 7.31. The molecule has 1 N–H and O–H groups in total. The maximum absolute atomic E-state index is 12.6. The molecule has 0 spiro atoms. The zero-order chi connectivity index (χ0) is 26.3. The molecule has 1 aromatic heterocycles. The van der Waals surface area contributed by atoms with E-state index in [1.54, 1.807) is 42.5 Å². The van der Waals surface area contributed by atoms with Crippen molar-refractivity contribution in [1.29, 1.82) is 0 Å². The molecule has 0 atom stereocenters. The van der Waals surface area contributed by atoms with Gasteiger partial charge in [0, 0.05) is 5.69 Å². The Morgan fingerprint density at radius 1 is 0.816 bits per heavy atom. The van der Waals surface area contributed by atoms with E-state index in [-0.39, 0.29) is 30.8 Å². The van der Waals surface area contributed by atoms with Gasteiger partial charge in [0.05, 0.1) is 5.56 Å². The highest BCUT2D eigenvalue weighted by atomic mass is 16.6. The van der Waals surface area contributed by atoms with Gasteiger partial charge in [0.2, 0.25) is 5.89 Å². The number of nitrogens with zero attached hydrogens (tertiary/aromatic N) is 1. The molecule has 1 amide bonds. The smallest absolute Gasteiger partial charge is 0.349 e. The number of aromatic nitrogens is 1. The van der Waals surface area contributed by atoms with Crippen LogP contribution in [0.15, 0.2) is 101 Å². The van der Waals surface area contributed by atoms with Crippen LogP contribution in [0.2, 0.25) is 0 Å². The van der Waals surface area contributed by atoms with Crippen molar-refractivity contribution in [3.63, 3.8) is 0 Å². The quantitative estimate of drug-likeness (QED) is 0.198. The zero-order valence-corrected chi connectivity index (χ0v) is 20.5. The maximum atomic E-state index is 12.6. The highest BCUT2D eigenvalue weighted by molar-refractivity contribution is 5.93. The van der Waals surface area contributed by atoms with Crippen molar-refractivity contribution in [2.24, 2.45) is 0 Å². The molecule has 8 nitrogen and oxygen atoms in total. The number of carbonyl (C=O) groups excluding carboxylic acids is 2. The number of carbonyl (C=O) groups is 2. The molecule has 0 unspecified atom stereocenters. The molecule has 0 radical (unpaired) electrons. The van der Waals surface area contributed by atoms with Crippen molar-refractivity contribution < 1.29 is 28.2 Å². The van der Waals surface area contributed by atoms with Crippen LogP contribution >= 0.6 is 0 Å². The van der Waals surface area contributed by atoms with Crippen molar-refractivity contribution in [3.8, 4) is 28.7 Å². The van der Waals surface area contributed by atoms with Crippen molar-refractivity contribution in [2.75, 3.05) is 18.5 Å². The molecule has 38 heavy (non-hydrogen) atoms. The molecule has 5 aromatic rings. The molecule has 190 valence electrons. The van der Waals surface area contributed by atoms with Gasteiger partial charge >= 0.3 is 5.97 Å². The van der Waals surface area contributed by atoms with E-state index in [9.17, 15) is 9.59 Å². The molecule has 1 heterocycles. The second kappa shape index (κ2) is 11.3. The van der Waals surface area contributed by atoms with E-state index >= 15 is 0 Å². The Morgan fingerprint density at radius 3 is 2.21 bits per heavy atom. The SMILES string of the molecule is Cc1ccc2nc(-c3cc(NC(=O)COc4ccccc4)ccc3OC(=O)COc3ccccc3)oc2c1. The maximum Gasteiger partial charge on any atom is 0.349 e. The molecule has 4 aromatic carbocycles. The number of amides is 1. The van der Waals surface area contributed by atoms with Gasteiger partial charge in [0.25, 0.3) is 5.91 Å². The van der Waals surface area contributed by atoms with E-state index in [1.165, 1.54) is 0 Å². The third kappa shape index (κ3) is 6.17. The zero-order valence-electron chi connectivity index (χ0n) is 20.5. The van der Waals surface area contributed by atoms with Gasteiger partial charge in [-0.3, -0.25) is 4.79 Å². The summed E-state index contributed by atoms with van der Waals surface area (Å²) in [6.45, 7) is 1.50. The molecule has 5 rings (SSSR count). The number of anilines is 1. The minimum Gasteiger partial charge on any atom is -0.484 e. The molecule has 0 saturated heterocycles. The summed E-state index contributed by atoms with van der Waals surface area (Å²) < 4.78 is 22.6. The molecule has 0 aliphatic carbocycles. The predicted octanol–water partition coefficient (Wildman–Crippen LogP) is 5.81. The van der Waals surface area contributed by atoms with Crippen LogP contribution in [-0.4, -0.2) is 30.1 Å². The van der Waals surface area contributed by atoms with Crippen molar-refractivity contribution in [2.45, 2.75) is 6.92 Å². The van der Waals surface area contributed by atoms with Crippen LogP contribution in [0.25, 0.3) is 22.6 Å². The van der Waals surface area contributed by atoms with Crippen molar-refractivity contribution >= 4 is 28.7 Å². The molecular weight excluding hydrogens is 484 g/mol. The third-order valence-corrected chi connectivity index (χ3v) is 5.47. The number of esters is 1. The lowest BCUT2D eigenvalue weighted by Crippen LogP contribution is -2.20. The number of fused-ring (bicyclic) bond motifs is 1. The third-order valence-electron chi connectivity index (χ3n) is 5.47. The van der Waals surface area contributed by atoms with E-state index in [0.29, 0.717) is 33.8 Å². The first-order valence-corrected chi connectivity index (χ1v) is 11.9. The van der Waals surface area contributed by atoms with E-state index < -0.39 is 5.97 Å². The number of nitrogens with one attached hydrogen (secondary N) is 1. The number of hydrogen-bond donors (Lipinski definition) is 1. The van der Waals surface area contributed by atoms with Gasteiger partial charge in [-0.25, -0.2) is 9.78 Å². The molecule has 0 aliphatic rings. The predicted molar refractivity (Wildman–Crippen MR) is 142 cm³/mol. The average molecular weight is 509 g/mol. The first kappa shape index (κ1) is 24.6. The number of hydrogen-bond acceptors (Lipinski definition) is 7. The number of ether oxygens (including phenoxy) is 3. The second-order valence-corrected chi connectivity index (χ2v) is 8.43. The van der Waals surface area contributed by atoms with Gasteiger partial charge < -0.3 is 23.9 Å².